The second-order valence-corrected chi connectivity index (χ2v) is 1.64. The number of hydrogen-bond acceptors (Lipinski definition) is 2. The van der Waals surface area contributed by atoms with E-state index < -0.39 is 0 Å². The number of ether oxygens (including phenoxy) is 1. The van der Waals surface area contributed by atoms with E-state index in [9.17, 15) is 0 Å². The molecular weight excluding hydrogens is 116 g/mol. The van der Waals surface area contributed by atoms with Gasteiger partial charge in [0.05, 0.1) is 6.33 Å². The highest BCUT2D eigenvalue weighted by atomic mass is 16.4. The predicted octanol–water partition coefficient (Wildman–Crippen LogP) is 0.683. The molecule has 0 aliphatic rings. The molecule has 0 saturated heterocycles. The normalized spacial score (nSPS) is 7.89. The van der Waals surface area contributed by atoms with E-state index in [0.717, 1.165) is 0 Å². The summed E-state index contributed by atoms with van der Waals surface area (Å²) in [5, 5.41) is 0. The van der Waals surface area contributed by atoms with Crippen LogP contribution >= 0.6 is 0 Å². The zero-order valence-electron chi connectivity index (χ0n) is 6.03. The molecule has 1 aromatic rings. The van der Waals surface area contributed by atoms with Crippen molar-refractivity contribution in [2.75, 3.05) is 14.2 Å². The summed E-state index contributed by atoms with van der Waals surface area (Å²) < 4.78 is 6.14. The number of imidazole rings is 1. The van der Waals surface area contributed by atoms with Gasteiger partial charge in [-0.1, -0.05) is 0 Å². The Morgan fingerprint density at radius 3 is 2.11 bits per heavy atom. The topological polar surface area (TPSA) is 27.1 Å². The molecule has 1 aromatic heterocycles. The number of aromatic nitrogens is 2. The lowest BCUT2D eigenvalue weighted by molar-refractivity contribution is 0.277. The molecule has 0 fully saturated rings. The zero-order valence-corrected chi connectivity index (χ0v) is 6.03. The number of aryl methyl sites for hydroxylation is 1. The second-order valence-electron chi connectivity index (χ2n) is 1.64. The molecule has 52 valence electrons. The number of hydrogen-bond donors (Lipinski definition) is 0. The third-order valence-corrected chi connectivity index (χ3v) is 0.637. The van der Waals surface area contributed by atoms with Crippen molar-refractivity contribution < 1.29 is 4.74 Å². The Morgan fingerprint density at radius 1 is 1.44 bits per heavy atom. The first-order valence-corrected chi connectivity index (χ1v) is 2.63. The maximum Gasteiger partial charge on any atom is 0.0943 e. The molecule has 0 amide bonds. The standard InChI is InChI=1S/C4H6N2.C2H6O/c1-6-3-2-5-4-6;1-3-2/h2-4H,1H3;1-2H3. The second kappa shape index (κ2) is 5.31. The van der Waals surface area contributed by atoms with E-state index in [4.69, 9.17) is 0 Å². The third-order valence-electron chi connectivity index (χ3n) is 0.637. The maximum atomic E-state index is 4.25. The van der Waals surface area contributed by atoms with Gasteiger partial charge in [0, 0.05) is 33.7 Å². The van der Waals surface area contributed by atoms with Crippen molar-refractivity contribution >= 4 is 0 Å². The maximum absolute atomic E-state index is 4.25. The molecule has 0 bridgehead atoms. The molecule has 1 rings (SSSR count). The fourth-order valence-electron chi connectivity index (χ4n) is 0.326. The van der Waals surface area contributed by atoms with Gasteiger partial charge in [-0.15, -0.1) is 0 Å². The van der Waals surface area contributed by atoms with E-state index in [0.29, 0.717) is 0 Å². The smallest absolute Gasteiger partial charge is 0.0943 e. The molecule has 0 saturated carbocycles. The Kier molecular flexibility index (Phi) is 4.82. The fraction of sp³-hybridized carbons (Fsp3) is 0.500. The summed E-state index contributed by atoms with van der Waals surface area (Å²) in [7, 11) is 5.19. The van der Waals surface area contributed by atoms with Crippen molar-refractivity contribution in [3.05, 3.63) is 18.7 Å². The molecule has 3 heteroatoms. The van der Waals surface area contributed by atoms with Gasteiger partial charge in [0.2, 0.25) is 0 Å². The Bertz CT molecular complexity index is 126. The SMILES string of the molecule is COC.Cn1ccnc1. The molecule has 0 spiro atoms. The van der Waals surface area contributed by atoms with E-state index in [1.165, 1.54) is 0 Å². The van der Waals surface area contributed by atoms with Gasteiger partial charge in [-0.3, -0.25) is 0 Å². The highest BCUT2D eigenvalue weighted by Gasteiger charge is 1.69. The monoisotopic (exact) mass is 128 g/mol. The summed E-state index contributed by atoms with van der Waals surface area (Å²) >= 11 is 0. The van der Waals surface area contributed by atoms with E-state index in [1.54, 1.807) is 26.7 Å². The van der Waals surface area contributed by atoms with Crippen LogP contribution in [0.2, 0.25) is 0 Å². The van der Waals surface area contributed by atoms with Crippen molar-refractivity contribution in [2.24, 2.45) is 7.05 Å². The lowest BCUT2D eigenvalue weighted by Crippen LogP contribution is -1.76. The van der Waals surface area contributed by atoms with Crippen molar-refractivity contribution in [3.8, 4) is 0 Å². The molecule has 0 aromatic carbocycles. The Balaban J connectivity index is 0.000000187. The molecule has 3 nitrogen and oxygen atoms in total. The summed E-state index contributed by atoms with van der Waals surface area (Å²) in [6.45, 7) is 0. The van der Waals surface area contributed by atoms with Crippen LogP contribution in [-0.2, 0) is 11.8 Å². The minimum atomic E-state index is 1.62. The van der Waals surface area contributed by atoms with E-state index in [2.05, 4.69) is 9.72 Å². The largest absolute Gasteiger partial charge is 0.388 e. The van der Waals surface area contributed by atoms with Crippen LogP contribution in [0.5, 0.6) is 0 Å². The van der Waals surface area contributed by atoms with E-state index >= 15 is 0 Å². The van der Waals surface area contributed by atoms with Crippen LogP contribution in [0.1, 0.15) is 0 Å². The van der Waals surface area contributed by atoms with Crippen LogP contribution in [0.4, 0.5) is 0 Å². The van der Waals surface area contributed by atoms with Gasteiger partial charge in [-0.05, 0) is 0 Å². The van der Waals surface area contributed by atoms with Crippen molar-refractivity contribution in [2.45, 2.75) is 0 Å². The van der Waals surface area contributed by atoms with Gasteiger partial charge < -0.3 is 9.30 Å². The fourth-order valence-corrected chi connectivity index (χ4v) is 0.326. The summed E-state index contributed by atoms with van der Waals surface area (Å²) in [6, 6.07) is 0. The highest BCUT2D eigenvalue weighted by Crippen LogP contribution is 1.73. The van der Waals surface area contributed by atoms with Crippen molar-refractivity contribution in [1.82, 2.24) is 9.55 Å². The lowest BCUT2D eigenvalue weighted by atomic mass is 10.9. The number of rotatable bonds is 0. The van der Waals surface area contributed by atoms with Crippen LogP contribution in [-0.4, -0.2) is 23.8 Å². The molecule has 0 aliphatic heterocycles. The molecule has 9 heavy (non-hydrogen) atoms. The molecule has 0 unspecified atom stereocenters. The van der Waals surface area contributed by atoms with Crippen LogP contribution in [0.3, 0.4) is 0 Å². The first kappa shape index (κ1) is 8.17. The summed E-state index contributed by atoms with van der Waals surface area (Å²) in [5.41, 5.74) is 0. The van der Waals surface area contributed by atoms with E-state index in [-0.39, 0.29) is 0 Å². The molecule has 0 atom stereocenters. The zero-order chi connectivity index (χ0) is 7.11. The van der Waals surface area contributed by atoms with Crippen LogP contribution in [0, 0.1) is 0 Å². The number of nitrogens with zero attached hydrogens (tertiary/aromatic N) is 2. The van der Waals surface area contributed by atoms with Gasteiger partial charge in [-0.2, -0.15) is 0 Å². The van der Waals surface area contributed by atoms with Gasteiger partial charge in [-0.25, -0.2) is 4.98 Å². The van der Waals surface area contributed by atoms with Crippen LogP contribution in [0.15, 0.2) is 18.7 Å². The summed E-state index contributed by atoms with van der Waals surface area (Å²) in [5.74, 6) is 0. The molecule has 0 aliphatic carbocycles. The van der Waals surface area contributed by atoms with Crippen LogP contribution < -0.4 is 0 Å². The quantitative estimate of drug-likeness (QED) is 0.514. The van der Waals surface area contributed by atoms with Gasteiger partial charge in [0.15, 0.2) is 0 Å². The minimum absolute atomic E-state index is 1.62. The average molecular weight is 128 g/mol. The Hall–Kier alpha value is -0.830. The minimum Gasteiger partial charge on any atom is -0.388 e. The molecule has 1 heterocycles. The first-order valence-electron chi connectivity index (χ1n) is 2.63. The van der Waals surface area contributed by atoms with Crippen molar-refractivity contribution in [3.63, 3.8) is 0 Å². The molecule has 0 radical (unpaired) electrons. The average Bonchev–Trinajstić information content (AvgIpc) is 2.20. The predicted molar refractivity (Wildman–Crippen MR) is 36.1 cm³/mol. The Labute approximate surface area is 55.3 Å². The van der Waals surface area contributed by atoms with Gasteiger partial charge >= 0.3 is 0 Å². The highest BCUT2D eigenvalue weighted by molar-refractivity contribution is 4.70. The molecular formula is C6H12N2O. The van der Waals surface area contributed by atoms with Gasteiger partial charge in [0.1, 0.15) is 0 Å². The summed E-state index contributed by atoms with van der Waals surface area (Å²) in [4.78, 5) is 3.78. The van der Waals surface area contributed by atoms with Crippen molar-refractivity contribution in [1.29, 1.82) is 0 Å². The first-order chi connectivity index (χ1) is 4.31. The van der Waals surface area contributed by atoms with E-state index in [1.807, 2.05) is 17.8 Å². The Morgan fingerprint density at radius 2 is 2.00 bits per heavy atom. The van der Waals surface area contributed by atoms with Gasteiger partial charge in [0.25, 0.3) is 0 Å². The lowest BCUT2D eigenvalue weighted by Gasteiger charge is -1.76. The van der Waals surface area contributed by atoms with Crippen LogP contribution in [0.25, 0.3) is 0 Å². The summed E-state index contributed by atoms with van der Waals surface area (Å²) in [6.07, 6.45) is 5.39. The number of methoxy groups -OCH3 is 1. The molecule has 0 N–H and O–H groups in total. The third kappa shape index (κ3) is 5.03.